The fourth-order valence-electron chi connectivity index (χ4n) is 2.53. The minimum absolute atomic E-state index is 0.0380. The second-order valence-electron chi connectivity index (χ2n) is 5.71. The predicted octanol–water partition coefficient (Wildman–Crippen LogP) is 2.98. The summed E-state index contributed by atoms with van der Waals surface area (Å²) in [6.45, 7) is 1.49. The molecule has 0 saturated heterocycles. The highest BCUT2D eigenvalue weighted by Crippen LogP contribution is 2.22. The highest BCUT2D eigenvalue weighted by molar-refractivity contribution is 6.02. The lowest BCUT2D eigenvalue weighted by atomic mass is 10.2. The standard InChI is InChI=1S/C18H12F2N4O4/c1-10-9-15(25)17(18(26)21-12-6-4-5-11(19)16(12)20)22-23(10)13-7-2-3-8-14(13)24(27)28/h2-9H,1H3,(H,21,26). The van der Waals surface area contributed by atoms with Gasteiger partial charge < -0.3 is 5.32 Å². The Morgan fingerprint density at radius 2 is 1.89 bits per heavy atom. The Hall–Kier alpha value is -3.95. The van der Waals surface area contributed by atoms with Crippen molar-refractivity contribution in [1.29, 1.82) is 0 Å². The average molecular weight is 386 g/mol. The maximum Gasteiger partial charge on any atom is 0.294 e. The molecule has 28 heavy (non-hydrogen) atoms. The normalized spacial score (nSPS) is 10.5. The molecule has 10 heteroatoms. The van der Waals surface area contributed by atoms with E-state index in [9.17, 15) is 28.5 Å². The van der Waals surface area contributed by atoms with Gasteiger partial charge in [-0.05, 0) is 25.1 Å². The summed E-state index contributed by atoms with van der Waals surface area (Å²) in [6, 6.07) is 9.88. The van der Waals surface area contributed by atoms with Crippen LogP contribution in [-0.4, -0.2) is 20.6 Å². The number of aromatic nitrogens is 2. The van der Waals surface area contributed by atoms with E-state index < -0.39 is 39.3 Å². The number of halogens is 2. The Balaban J connectivity index is 2.08. The van der Waals surface area contributed by atoms with Crippen molar-refractivity contribution in [3.8, 4) is 5.69 Å². The number of hydrogen-bond donors (Lipinski definition) is 1. The van der Waals surface area contributed by atoms with Gasteiger partial charge in [0.15, 0.2) is 17.3 Å². The lowest BCUT2D eigenvalue weighted by Crippen LogP contribution is -2.27. The number of para-hydroxylation sites is 2. The number of hydrogen-bond acceptors (Lipinski definition) is 5. The average Bonchev–Trinajstić information content (AvgIpc) is 2.65. The van der Waals surface area contributed by atoms with Crippen LogP contribution >= 0.6 is 0 Å². The molecule has 0 aliphatic rings. The molecular weight excluding hydrogens is 374 g/mol. The first-order valence-corrected chi connectivity index (χ1v) is 7.89. The maximum absolute atomic E-state index is 13.8. The lowest BCUT2D eigenvalue weighted by molar-refractivity contribution is -0.384. The van der Waals surface area contributed by atoms with Crippen LogP contribution in [0.25, 0.3) is 5.69 Å². The van der Waals surface area contributed by atoms with E-state index in [0.29, 0.717) is 0 Å². The number of aryl methyl sites for hydroxylation is 1. The topological polar surface area (TPSA) is 107 Å². The lowest BCUT2D eigenvalue weighted by Gasteiger charge is -2.12. The van der Waals surface area contributed by atoms with Crippen LogP contribution < -0.4 is 10.7 Å². The summed E-state index contributed by atoms with van der Waals surface area (Å²) >= 11 is 0. The van der Waals surface area contributed by atoms with Gasteiger partial charge in [-0.3, -0.25) is 19.7 Å². The van der Waals surface area contributed by atoms with Crippen molar-refractivity contribution in [2.75, 3.05) is 5.32 Å². The number of nitro benzene ring substituents is 1. The van der Waals surface area contributed by atoms with Crippen molar-refractivity contribution in [3.63, 3.8) is 0 Å². The van der Waals surface area contributed by atoms with Gasteiger partial charge in [0.25, 0.3) is 11.6 Å². The van der Waals surface area contributed by atoms with Crippen LogP contribution in [0.1, 0.15) is 16.2 Å². The van der Waals surface area contributed by atoms with E-state index in [1.165, 1.54) is 37.3 Å². The summed E-state index contributed by atoms with van der Waals surface area (Å²) < 4.78 is 28.1. The molecule has 2 aromatic carbocycles. The number of benzene rings is 2. The van der Waals surface area contributed by atoms with Gasteiger partial charge in [0.1, 0.15) is 5.69 Å². The van der Waals surface area contributed by atoms with Crippen molar-refractivity contribution < 1.29 is 18.5 Å². The van der Waals surface area contributed by atoms with Gasteiger partial charge in [-0.15, -0.1) is 0 Å². The Morgan fingerprint density at radius 1 is 1.18 bits per heavy atom. The Bertz CT molecular complexity index is 1160. The Kier molecular flexibility index (Phi) is 4.94. The predicted molar refractivity (Wildman–Crippen MR) is 95.5 cm³/mol. The van der Waals surface area contributed by atoms with E-state index in [-0.39, 0.29) is 17.1 Å². The van der Waals surface area contributed by atoms with Crippen LogP contribution in [-0.2, 0) is 0 Å². The molecule has 0 aliphatic carbocycles. The van der Waals surface area contributed by atoms with Crippen molar-refractivity contribution in [2.24, 2.45) is 0 Å². The van der Waals surface area contributed by atoms with Crippen LogP contribution in [0.3, 0.4) is 0 Å². The zero-order chi connectivity index (χ0) is 20.4. The van der Waals surface area contributed by atoms with Crippen LogP contribution in [0.5, 0.6) is 0 Å². The summed E-state index contributed by atoms with van der Waals surface area (Å²) in [7, 11) is 0. The number of amides is 1. The highest BCUT2D eigenvalue weighted by Gasteiger charge is 2.21. The van der Waals surface area contributed by atoms with Crippen LogP contribution in [0.2, 0.25) is 0 Å². The molecule has 142 valence electrons. The number of nitrogens with one attached hydrogen (secondary N) is 1. The van der Waals surface area contributed by atoms with Gasteiger partial charge in [0.05, 0.1) is 10.6 Å². The first-order valence-electron chi connectivity index (χ1n) is 7.89. The Morgan fingerprint density at radius 3 is 2.61 bits per heavy atom. The summed E-state index contributed by atoms with van der Waals surface area (Å²) in [5.41, 5.74) is -1.88. The van der Waals surface area contributed by atoms with E-state index in [2.05, 4.69) is 10.4 Å². The molecule has 0 unspecified atom stereocenters. The highest BCUT2D eigenvalue weighted by atomic mass is 19.2. The number of anilines is 1. The van der Waals surface area contributed by atoms with Crippen molar-refractivity contribution >= 4 is 17.3 Å². The molecule has 8 nitrogen and oxygen atoms in total. The number of nitro groups is 1. The monoisotopic (exact) mass is 386 g/mol. The van der Waals surface area contributed by atoms with E-state index in [0.717, 1.165) is 22.9 Å². The van der Waals surface area contributed by atoms with E-state index >= 15 is 0 Å². The van der Waals surface area contributed by atoms with Gasteiger partial charge in [0.2, 0.25) is 5.43 Å². The van der Waals surface area contributed by atoms with Gasteiger partial charge in [-0.1, -0.05) is 18.2 Å². The number of nitrogens with zero attached hydrogens (tertiary/aromatic N) is 3. The second kappa shape index (κ2) is 7.35. The largest absolute Gasteiger partial charge is 0.318 e. The molecule has 0 radical (unpaired) electrons. The third kappa shape index (κ3) is 3.47. The maximum atomic E-state index is 13.8. The molecule has 1 heterocycles. The fourth-order valence-corrected chi connectivity index (χ4v) is 2.53. The molecule has 3 aromatic rings. The van der Waals surface area contributed by atoms with Gasteiger partial charge in [-0.2, -0.15) is 5.10 Å². The minimum atomic E-state index is -1.29. The van der Waals surface area contributed by atoms with E-state index in [1.54, 1.807) is 0 Å². The quantitative estimate of drug-likeness (QED) is 0.548. The molecule has 0 atom stereocenters. The molecule has 0 fully saturated rings. The van der Waals surface area contributed by atoms with Crippen molar-refractivity contribution in [2.45, 2.75) is 6.92 Å². The fraction of sp³-hybridized carbons (Fsp3) is 0.0556. The molecule has 0 spiro atoms. The first kappa shape index (κ1) is 18.8. The molecule has 0 saturated carbocycles. The summed E-state index contributed by atoms with van der Waals surface area (Å²) in [4.78, 5) is 35.2. The van der Waals surface area contributed by atoms with Crippen LogP contribution in [0.15, 0.2) is 53.3 Å². The van der Waals surface area contributed by atoms with E-state index in [4.69, 9.17) is 0 Å². The molecule has 1 amide bonds. The first-order chi connectivity index (χ1) is 13.3. The molecule has 0 bridgehead atoms. The zero-order valence-electron chi connectivity index (χ0n) is 14.3. The molecule has 0 aliphatic heterocycles. The molecule has 1 N–H and O–H groups in total. The zero-order valence-corrected chi connectivity index (χ0v) is 14.3. The third-order valence-electron chi connectivity index (χ3n) is 3.83. The minimum Gasteiger partial charge on any atom is -0.318 e. The van der Waals surface area contributed by atoms with Crippen LogP contribution in [0, 0.1) is 28.7 Å². The van der Waals surface area contributed by atoms with Crippen molar-refractivity contribution in [1.82, 2.24) is 9.78 Å². The van der Waals surface area contributed by atoms with Gasteiger partial charge in [0, 0.05) is 17.8 Å². The Labute approximate surface area is 156 Å². The number of carbonyl (C=O) groups is 1. The number of rotatable bonds is 4. The molecular formula is C18H12F2N4O4. The number of carbonyl (C=O) groups excluding carboxylic acids is 1. The summed E-state index contributed by atoms with van der Waals surface area (Å²) in [5.74, 6) is -3.55. The second-order valence-corrected chi connectivity index (χ2v) is 5.71. The molecule has 1 aromatic heterocycles. The van der Waals surface area contributed by atoms with E-state index in [1.807, 2.05) is 0 Å². The smallest absolute Gasteiger partial charge is 0.294 e. The summed E-state index contributed by atoms with van der Waals surface area (Å²) in [5, 5.41) is 17.2. The van der Waals surface area contributed by atoms with Crippen molar-refractivity contribution in [3.05, 3.63) is 91.9 Å². The third-order valence-corrected chi connectivity index (χ3v) is 3.83. The SMILES string of the molecule is Cc1cc(=O)c(C(=O)Nc2cccc(F)c2F)nn1-c1ccccc1[N+](=O)[O-]. The molecule has 3 rings (SSSR count). The van der Waals surface area contributed by atoms with Crippen LogP contribution in [0.4, 0.5) is 20.2 Å². The summed E-state index contributed by atoms with van der Waals surface area (Å²) in [6.07, 6.45) is 0. The van der Waals surface area contributed by atoms with Gasteiger partial charge >= 0.3 is 0 Å². The van der Waals surface area contributed by atoms with Gasteiger partial charge in [-0.25, -0.2) is 13.5 Å².